The van der Waals surface area contributed by atoms with E-state index in [4.69, 9.17) is 0 Å². The molecule has 0 unspecified atom stereocenters. The van der Waals surface area contributed by atoms with Crippen LogP contribution in [-0.2, 0) is 4.52 Å². The normalized spacial score (nSPS) is 9.75. The third-order valence-electron chi connectivity index (χ3n) is 0.297. The Hall–Kier alpha value is 1.57. The molecule has 8 heavy (non-hydrogen) atoms. The Kier molecular flexibility index (Phi) is 10.3. The van der Waals surface area contributed by atoms with E-state index in [1.165, 1.54) is 0 Å². The smallest absolute Gasteiger partial charge is 0.820 e. The molecule has 0 N–H and O–H groups in total. The fourth-order valence-corrected chi connectivity index (χ4v) is 0.516. The minimum absolute atomic E-state index is 0. The molecule has 0 aromatic rings. The Bertz CT molecular complexity index is 43.8. The first-order chi connectivity index (χ1) is 3.13. The van der Waals surface area contributed by atoms with E-state index in [1.807, 2.05) is 0 Å². The quantitative estimate of drug-likeness (QED) is 0.385. The van der Waals surface area contributed by atoms with Crippen LogP contribution in [0, 0.1) is 0 Å². The van der Waals surface area contributed by atoms with E-state index in [1.54, 1.807) is 13.8 Å². The SMILES string of the molecule is CC(C)OP([O-])[O-].[Ca+2]. The second-order valence-corrected chi connectivity index (χ2v) is 2.04. The topological polar surface area (TPSA) is 55.3 Å². The second-order valence-electron chi connectivity index (χ2n) is 1.38. The zero-order valence-electron chi connectivity index (χ0n) is 4.96. The van der Waals surface area contributed by atoms with E-state index in [0.717, 1.165) is 0 Å². The molecule has 0 spiro atoms. The molecule has 0 aromatic carbocycles. The predicted molar refractivity (Wildman–Crippen MR) is 28.9 cm³/mol. The van der Waals surface area contributed by atoms with Crippen LogP contribution in [-0.4, -0.2) is 43.8 Å². The van der Waals surface area contributed by atoms with Gasteiger partial charge in [-0.25, -0.2) is 0 Å². The minimum Gasteiger partial charge on any atom is -0.820 e. The van der Waals surface area contributed by atoms with Gasteiger partial charge in [-0.2, -0.15) is 8.60 Å². The van der Waals surface area contributed by atoms with Crippen LogP contribution in [0.3, 0.4) is 0 Å². The van der Waals surface area contributed by atoms with Crippen molar-refractivity contribution in [3.05, 3.63) is 0 Å². The molecular formula is C3H7CaO3P. The van der Waals surface area contributed by atoms with E-state index >= 15 is 0 Å². The van der Waals surface area contributed by atoms with E-state index in [2.05, 4.69) is 4.52 Å². The van der Waals surface area contributed by atoms with Gasteiger partial charge in [0.15, 0.2) is 0 Å². The molecule has 0 saturated heterocycles. The van der Waals surface area contributed by atoms with Crippen molar-refractivity contribution in [3.63, 3.8) is 0 Å². The standard InChI is InChI=1S/C3H7O3P.Ca/c1-3(2)6-7(4)5;/h3H,1-2H3;/q-2;+2. The van der Waals surface area contributed by atoms with Gasteiger partial charge >= 0.3 is 37.7 Å². The van der Waals surface area contributed by atoms with Gasteiger partial charge in [-0.15, -0.1) is 0 Å². The molecule has 0 atom stereocenters. The van der Waals surface area contributed by atoms with Gasteiger partial charge in [0, 0.05) is 0 Å². The summed E-state index contributed by atoms with van der Waals surface area (Å²) in [6.07, 6.45) is -0.221. The molecule has 0 aliphatic heterocycles. The summed E-state index contributed by atoms with van der Waals surface area (Å²) in [5.41, 5.74) is 0. The maximum Gasteiger partial charge on any atom is 2.00 e. The van der Waals surface area contributed by atoms with Crippen molar-refractivity contribution in [1.82, 2.24) is 0 Å². The maximum atomic E-state index is 9.62. The van der Waals surface area contributed by atoms with Crippen LogP contribution in [0.1, 0.15) is 13.8 Å². The maximum absolute atomic E-state index is 9.62. The molecule has 0 saturated carbocycles. The van der Waals surface area contributed by atoms with Crippen LogP contribution < -0.4 is 9.79 Å². The van der Waals surface area contributed by atoms with Gasteiger partial charge in [0.2, 0.25) is 0 Å². The van der Waals surface area contributed by atoms with Crippen LogP contribution in [0.15, 0.2) is 0 Å². The molecule has 0 radical (unpaired) electrons. The number of hydrogen-bond acceptors (Lipinski definition) is 3. The van der Waals surface area contributed by atoms with Crippen molar-refractivity contribution < 1.29 is 14.3 Å². The summed E-state index contributed by atoms with van der Waals surface area (Å²) in [6.45, 7) is 3.32. The number of rotatable bonds is 2. The third-order valence-corrected chi connectivity index (χ3v) is 0.891. The van der Waals surface area contributed by atoms with Gasteiger partial charge in [-0.3, -0.25) is 0 Å². The molecule has 0 bridgehead atoms. The summed E-state index contributed by atoms with van der Waals surface area (Å²) in [5.74, 6) is 0. The molecule has 5 heteroatoms. The van der Waals surface area contributed by atoms with E-state index in [-0.39, 0.29) is 43.8 Å². The monoisotopic (exact) mass is 162 g/mol. The zero-order valence-corrected chi connectivity index (χ0v) is 8.06. The summed E-state index contributed by atoms with van der Waals surface area (Å²) in [6, 6.07) is 0. The molecule has 0 amide bonds. The Balaban J connectivity index is 0. The largest absolute Gasteiger partial charge is 2.00 e. The first-order valence-corrected chi connectivity index (χ1v) is 3.03. The molecule has 3 nitrogen and oxygen atoms in total. The van der Waals surface area contributed by atoms with Crippen molar-refractivity contribution in [2.75, 3.05) is 0 Å². The predicted octanol–water partition coefficient (Wildman–Crippen LogP) is -1.02. The summed E-state index contributed by atoms with van der Waals surface area (Å²) in [5, 5.41) is 0. The van der Waals surface area contributed by atoms with Crippen LogP contribution >= 0.6 is 8.60 Å². The van der Waals surface area contributed by atoms with E-state index < -0.39 is 8.60 Å². The summed E-state index contributed by atoms with van der Waals surface area (Å²) in [7, 11) is -2.64. The zero-order chi connectivity index (χ0) is 5.86. The van der Waals surface area contributed by atoms with Gasteiger partial charge in [0.05, 0.1) is 6.10 Å². The third kappa shape index (κ3) is 10.5. The molecule has 0 aliphatic carbocycles. The molecule has 0 fully saturated rings. The average molecular weight is 162 g/mol. The van der Waals surface area contributed by atoms with Crippen molar-refractivity contribution >= 4 is 46.3 Å². The number of hydrogen-bond donors (Lipinski definition) is 0. The van der Waals surface area contributed by atoms with Crippen molar-refractivity contribution in [1.29, 1.82) is 0 Å². The van der Waals surface area contributed by atoms with Crippen molar-refractivity contribution in [2.24, 2.45) is 0 Å². The van der Waals surface area contributed by atoms with Crippen molar-refractivity contribution in [3.8, 4) is 0 Å². The van der Waals surface area contributed by atoms with Gasteiger partial charge in [0.25, 0.3) is 0 Å². The van der Waals surface area contributed by atoms with Gasteiger partial charge in [-0.05, 0) is 13.8 Å². The molecule has 44 valence electrons. The molecular weight excluding hydrogens is 155 g/mol. The van der Waals surface area contributed by atoms with E-state index in [9.17, 15) is 9.79 Å². The average Bonchev–Trinajstić information content (AvgIpc) is 1.27. The summed E-state index contributed by atoms with van der Waals surface area (Å²) in [4.78, 5) is 19.2. The van der Waals surface area contributed by atoms with Gasteiger partial charge in [-0.1, -0.05) is 0 Å². The fraction of sp³-hybridized carbons (Fsp3) is 1.00. The summed E-state index contributed by atoms with van der Waals surface area (Å²) < 4.78 is 4.20. The molecule has 0 aromatic heterocycles. The van der Waals surface area contributed by atoms with Crippen LogP contribution in [0.4, 0.5) is 0 Å². The molecule has 0 rings (SSSR count). The Morgan fingerprint density at radius 2 is 1.75 bits per heavy atom. The first kappa shape index (κ1) is 12.3. The molecule has 0 heterocycles. The van der Waals surface area contributed by atoms with E-state index in [0.29, 0.717) is 0 Å². The van der Waals surface area contributed by atoms with Gasteiger partial charge < -0.3 is 14.3 Å². The Morgan fingerprint density at radius 3 is 1.75 bits per heavy atom. The first-order valence-electron chi connectivity index (χ1n) is 1.94. The fourth-order valence-electron chi connectivity index (χ4n) is 0.172. The molecule has 0 aliphatic rings. The van der Waals surface area contributed by atoms with Crippen LogP contribution in [0.2, 0.25) is 0 Å². The Labute approximate surface area is 80.0 Å². The van der Waals surface area contributed by atoms with Crippen LogP contribution in [0.5, 0.6) is 0 Å². The second kappa shape index (κ2) is 6.69. The van der Waals surface area contributed by atoms with Gasteiger partial charge in [0.1, 0.15) is 0 Å². The minimum atomic E-state index is -2.64. The van der Waals surface area contributed by atoms with Crippen molar-refractivity contribution in [2.45, 2.75) is 20.0 Å². The van der Waals surface area contributed by atoms with Crippen LogP contribution in [0.25, 0.3) is 0 Å². The Morgan fingerprint density at radius 1 is 1.38 bits per heavy atom. The summed E-state index contributed by atoms with van der Waals surface area (Å²) >= 11 is 0.